The molecule has 0 saturated carbocycles. The number of hydrogen-bond acceptors (Lipinski definition) is 10. The van der Waals surface area contributed by atoms with E-state index in [9.17, 15) is 14.1 Å². The molecule has 1 saturated heterocycles. The molecule has 2 aliphatic rings. The van der Waals surface area contributed by atoms with Crippen molar-refractivity contribution >= 4 is 34.5 Å². The molecule has 1 unspecified atom stereocenters. The maximum absolute atomic E-state index is 14.6. The summed E-state index contributed by atoms with van der Waals surface area (Å²) in [4.78, 5) is 39.3. The molecule has 2 aliphatic heterocycles. The number of fused-ring (bicyclic) bond motifs is 2. The van der Waals surface area contributed by atoms with E-state index in [-0.39, 0.29) is 17.9 Å². The number of likely N-dealkylation sites (tertiary alicyclic amines) is 1. The molecule has 10 nitrogen and oxygen atoms in total. The zero-order chi connectivity index (χ0) is 25.1. The molecule has 0 bridgehead atoms. The normalized spacial score (nSPS) is 19.8. The van der Waals surface area contributed by atoms with Crippen LogP contribution in [0.1, 0.15) is 11.3 Å². The summed E-state index contributed by atoms with van der Waals surface area (Å²) in [5.74, 6) is 0.983. The summed E-state index contributed by atoms with van der Waals surface area (Å²) in [6.07, 6.45) is 1.65. The number of nitrogens with zero attached hydrogens (tertiary/aromatic N) is 5. The topological polar surface area (TPSA) is 122 Å². The highest BCUT2D eigenvalue weighted by Crippen LogP contribution is 2.30. The van der Waals surface area contributed by atoms with Crippen molar-refractivity contribution in [2.75, 3.05) is 44.4 Å². The smallest absolute Gasteiger partial charge is 0.235 e. The van der Waals surface area contributed by atoms with Crippen LogP contribution < -0.4 is 15.4 Å². The Hall–Kier alpha value is -3.22. The molecule has 5 rings (SSSR count). The summed E-state index contributed by atoms with van der Waals surface area (Å²) in [5.41, 5.74) is 2.39. The second-order valence-electron chi connectivity index (χ2n) is 8.87. The van der Waals surface area contributed by atoms with Gasteiger partial charge in [0.15, 0.2) is 0 Å². The summed E-state index contributed by atoms with van der Waals surface area (Å²) in [6.45, 7) is 2.88. The third-order valence-electron chi connectivity index (χ3n) is 6.49. The first-order valence-corrected chi connectivity index (χ1v) is 12.7. The van der Waals surface area contributed by atoms with Crippen LogP contribution in [0.25, 0.3) is 11.0 Å². The van der Waals surface area contributed by atoms with Crippen molar-refractivity contribution < 1.29 is 13.9 Å². The van der Waals surface area contributed by atoms with Gasteiger partial charge in [0.2, 0.25) is 11.8 Å². The minimum Gasteiger partial charge on any atom is -0.481 e. The molecule has 5 heterocycles. The van der Waals surface area contributed by atoms with Crippen LogP contribution in [0.15, 0.2) is 40.5 Å². The average molecular weight is 512 g/mol. The van der Waals surface area contributed by atoms with E-state index in [2.05, 4.69) is 35.7 Å². The van der Waals surface area contributed by atoms with Gasteiger partial charge in [0.1, 0.15) is 17.7 Å². The van der Waals surface area contributed by atoms with Crippen LogP contribution in [0.5, 0.6) is 5.88 Å². The van der Waals surface area contributed by atoms with E-state index in [1.165, 1.54) is 25.1 Å². The zero-order valence-corrected chi connectivity index (χ0v) is 20.6. The fourth-order valence-corrected chi connectivity index (χ4v) is 5.39. The lowest BCUT2D eigenvalue weighted by Gasteiger charge is -2.17. The second-order valence-corrected chi connectivity index (χ2v) is 9.88. The first-order chi connectivity index (χ1) is 17.5. The fourth-order valence-electron chi connectivity index (χ4n) is 4.63. The van der Waals surface area contributed by atoms with Gasteiger partial charge in [-0.15, -0.1) is 11.8 Å². The molecule has 0 spiro atoms. The largest absolute Gasteiger partial charge is 0.481 e. The highest BCUT2D eigenvalue weighted by atomic mass is 32.2. The number of carbonyl (C=O) groups is 1. The molecule has 12 heteroatoms. The Morgan fingerprint density at radius 2 is 2.17 bits per heavy atom. The second kappa shape index (κ2) is 10.8. The summed E-state index contributed by atoms with van der Waals surface area (Å²) in [7, 11) is 1.52. The van der Waals surface area contributed by atoms with Crippen LogP contribution in [0.4, 0.5) is 10.2 Å². The minimum absolute atomic E-state index is 0.0348. The van der Waals surface area contributed by atoms with Gasteiger partial charge in [0.25, 0.3) is 0 Å². The lowest BCUT2D eigenvalue weighted by atomic mass is 10.1. The van der Waals surface area contributed by atoms with Crippen LogP contribution in [0.2, 0.25) is 0 Å². The van der Waals surface area contributed by atoms with Crippen molar-refractivity contribution in [3.8, 4) is 5.88 Å². The minimum atomic E-state index is -0.405. The molecule has 2 N–H and O–H groups in total. The number of aromatic nitrogens is 3. The number of methoxy groups -OCH3 is 1. The molecular weight excluding hydrogens is 485 g/mol. The Labute approximate surface area is 211 Å². The maximum atomic E-state index is 14.6. The predicted molar refractivity (Wildman–Crippen MR) is 135 cm³/mol. The lowest BCUT2D eigenvalue weighted by Crippen LogP contribution is -2.30. The van der Waals surface area contributed by atoms with Crippen molar-refractivity contribution in [1.29, 1.82) is 0 Å². The van der Waals surface area contributed by atoms with Gasteiger partial charge in [-0.05, 0) is 24.6 Å². The first-order valence-electron chi connectivity index (χ1n) is 11.7. The molecule has 3 aromatic heterocycles. The van der Waals surface area contributed by atoms with Gasteiger partial charge in [-0.2, -0.15) is 4.91 Å². The number of nitroso groups, excluding NO2 is 1. The van der Waals surface area contributed by atoms with Crippen molar-refractivity contribution in [1.82, 2.24) is 25.2 Å². The molecule has 0 aliphatic carbocycles. The van der Waals surface area contributed by atoms with E-state index in [1.807, 2.05) is 12.1 Å². The molecule has 3 aromatic rings. The van der Waals surface area contributed by atoms with E-state index >= 15 is 0 Å². The Kier molecular flexibility index (Phi) is 7.35. The number of anilines is 1. The van der Waals surface area contributed by atoms with Crippen molar-refractivity contribution in [3.63, 3.8) is 0 Å². The molecule has 1 fully saturated rings. The maximum Gasteiger partial charge on any atom is 0.235 e. The Balaban J connectivity index is 1.18. The molecule has 0 aromatic carbocycles. The third kappa shape index (κ3) is 5.30. The van der Waals surface area contributed by atoms with Gasteiger partial charge in [0, 0.05) is 50.3 Å². The summed E-state index contributed by atoms with van der Waals surface area (Å²) in [5, 5.41) is 9.51. The average Bonchev–Trinajstić information content (AvgIpc) is 3.29. The number of thioether (sulfide) groups is 1. The molecule has 2 atom stereocenters. The van der Waals surface area contributed by atoms with Crippen molar-refractivity contribution in [3.05, 3.63) is 52.4 Å². The van der Waals surface area contributed by atoms with E-state index in [1.54, 1.807) is 12.1 Å². The number of rotatable bonds is 9. The number of hydrogen-bond donors (Lipinski definition) is 2. The van der Waals surface area contributed by atoms with E-state index in [0.717, 1.165) is 10.6 Å². The molecule has 36 heavy (non-hydrogen) atoms. The first kappa shape index (κ1) is 24.5. The number of ether oxygens (including phenoxy) is 1. The number of amides is 1. The summed E-state index contributed by atoms with van der Waals surface area (Å²) >= 11 is 1.47. The summed E-state index contributed by atoms with van der Waals surface area (Å²) < 4.78 is 19.8. The van der Waals surface area contributed by atoms with Gasteiger partial charge in [-0.25, -0.2) is 14.4 Å². The Morgan fingerprint density at radius 1 is 1.28 bits per heavy atom. The van der Waals surface area contributed by atoms with E-state index in [0.29, 0.717) is 73.2 Å². The van der Waals surface area contributed by atoms with Gasteiger partial charge >= 0.3 is 0 Å². The van der Waals surface area contributed by atoms with Gasteiger partial charge in [-0.1, -0.05) is 5.18 Å². The SMILES string of the molecule is COc1ccc2ncc(F)c(CCN3CC(N=O)[C@H](CNCc4ccc5c(n4)NC(=O)CS5)C3)c2n1. The number of pyridine rings is 3. The number of carbonyl (C=O) groups excluding carboxylic acids is 1. The van der Waals surface area contributed by atoms with Crippen LogP contribution in [-0.2, 0) is 17.8 Å². The van der Waals surface area contributed by atoms with E-state index < -0.39 is 5.82 Å². The van der Waals surface area contributed by atoms with Crippen LogP contribution in [-0.4, -0.2) is 70.8 Å². The standard InChI is InChI=1S/C24H26FN7O3S/c1-35-22-5-3-18-23(30-22)16(17(25)10-27-18)6-7-32-11-14(19(12-32)31-34)8-26-9-15-2-4-20-24(28-15)29-21(33)13-36-20/h2-5,10,14,19,26H,6-9,11-13H2,1H3,(H,28,29,33)/t14-,19?/m1/s1. The van der Waals surface area contributed by atoms with Gasteiger partial charge in [0.05, 0.1) is 40.7 Å². The van der Waals surface area contributed by atoms with Crippen LogP contribution in [0.3, 0.4) is 0 Å². The van der Waals surface area contributed by atoms with Crippen molar-refractivity contribution in [2.24, 2.45) is 11.1 Å². The van der Waals surface area contributed by atoms with Crippen LogP contribution >= 0.6 is 11.8 Å². The Morgan fingerprint density at radius 3 is 3.00 bits per heavy atom. The zero-order valence-electron chi connectivity index (χ0n) is 19.7. The monoisotopic (exact) mass is 511 g/mol. The highest BCUT2D eigenvalue weighted by molar-refractivity contribution is 8.00. The number of halogens is 1. The summed E-state index contributed by atoms with van der Waals surface area (Å²) in [6, 6.07) is 7.01. The third-order valence-corrected chi connectivity index (χ3v) is 7.54. The predicted octanol–water partition coefficient (Wildman–Crippen LogP) is 2.62. The lowest BCUT2D eigenvalue weighted by molar-refractivity contribution is -0.113. The molecule has 0 radical (unpaired) electrons. The van der Waals surface area contributed by atoms with Crippen LogP contribution in [0, 0.1) is 16.6 Å². The van der Waals surface area contributed by atoms with Crippen molar-refractivity contribution in [2.45, 2.75) is 23.9 Å². The fraction of sp³-hybridized carbons (Fsp3) is 0.417. The quantitative estimate of drug-likeness (QED) is 0.418. The van der Waals surface area contributed by atoms with E-state index in [4.69, 9.17) is 4.74 Å². The van der Waals surface area contributed by atoms with Gasteiger partial charge < -0.3 is 20.3 Å². The Bertz CT molecular complexity index is 1290. The molecular formula is C24H26FN7O3S. The van der Waals surface area contributed by atoms with Gasteiger partial charge in [-0.3, -0.25) is 9.78 Å². The highest BCUT2D eigenvalue weighted by Gasteiger charge is 2.33. The molecule has 188 valence electrons. The molecule has 1 amide bonds. The number of nitrogens with one attached hydrogen (secondary N) is 2.